The summed E-state index contributed by atoms with van der Waals surface area (Å²) in [5, 5.41) is 0. The molecule has 3 saturated carbocycles. The molecule has 0 radical (unpaired) electrons. The molecule has 0 aromatic heterocycles. The first-order valence-electron chi connectivity index (χ1n) is 10.3. The lowest BCUT2D eigenvalue weighted by Crippen LogP contribution is -2.51. The molecule has 0 saturated heterocycles. The van der Waals surface area contributed by atoms with Gasteiger partial charge in [0.1, 0.15) is 6.10 Å². The summed E-state index contributed by atoms with van der Waals surface area (Å²) < 4.78 is 5.86. The van der Waals surface area contributed by atoms with Crippen LogP contribution < -0.4 is 0 Å². The third-order valence-electron chi connectivity index (χ3n) is 8.44. The van der Waals surface area contributed by atoms with Crippen molar-refractivity contribution in [3.63, 3.8) is 0 Å². The van der Waals surface area contributed by atoms with Crippen molar-refractivity contribution in [2.45, 2.75) is 84.7 Å². The molecule has 0 aromatic carbocycles. The molecular weight excluding hydrogens is 312 g/mol. The van der Waals surface area contributed by atoms with Crippen LogP contribution in [0.25, 0.3) is 0 Å². The molecule has 4 rings (SSSR count). The van der Waals surface area contributed by atoms with Crippen LogP contribution >= 0.6 is 0 Å². The molecule has 0 spiro atoms. The molecule has 0 bridgehead atoms. The van der Waals surface area contributed by atoms with Gasteiger partial charge in [-0.15, -0.1) is 0 Å². The Morgan fingerprint density at radius 2 is 1.92 bits per heavy atom. The number of hydrogen-bond acceptors (Lipinski definition) is 3. The number of hydrogen-bond donors (Lipinski definition) is 0. The smallest absolute Gasteiger partial charge is 0.305 e. The molecule has 3 fully saturated rings. The number of rotatable bonds is 2. The number of carbonyl (C=O) groups is 2. The number of ketones is 1. The molecular formula is C22H32O3. The van der Waals surface area contributed by atoms with E-state index in [0.717, 1.165) is 38.0 Å². The van der Waals surface area contributed by atoms with Gasteiger partial charge in [0, 0.05) is 18.3 Å². The van der Waals surface area contributed by atoms with Crippen LogP contribution in [0.4, 0.5) is 0 Å². The molecule has 6 atom stereocenters. The highest BCUT2D eigenvalue weighted by molar-refractivity contribution is 5.91. The van der Waals surface area contributed by atoms with Gasteiger partial charge in [-0.05, 0) is 74.2 Å². The van der Waals surface area contributed by atoms with Crippen molar-refractivity contribution >= 4 is 11.8 Å². The van der Waals surface area contributed by atoms with Gasteiger partial charge in [-0.2, -0.15) is 0 Å². The Morgan fingerprint density at radius 3 is 2.68 bits per heavy atom. The maximum Gasteiger partial charge on any atom is 0.305 e. The first kappa shape index (κ1) is 17.3. The Labute approximate surface area is 151 Å². The van der Waals surface area contributed by atoms with Gasteiger partial charge in [-0.1, -0.05) is 26.3 Å². The van der Waals surface area contributed by atoms with Crippen LogP contribution in [0.2, 0.25) is 0 Å². The van der Waals surface area contributed by atoms with Crippen molar-refractivity contribution in [2.24, 2.45) is 28.6 Å². The number of fused-ring (bicyclic) bond motifs is 5. The highest BCUT2D eigenvalue weighted by Gasteiger charge is 2.59. The van der Waals surface area contributed by atoms with Gasteiger partial charge in [0.15, 0.2) is 5.78 Å². The maximum atomic E-state index is 11.9. The quantitative estimate of drug-likeness (QED) is 0.673. The van der Waals surface area contributed by atoms with E-state index in [1.54, 1.807) is 0 Å². The lowest BCUT2D eigenvalue weighted by Gasteiger charge is -2.57. The van der Waals surface area contributed by atoms with Crippen LogP contribution in [0.1, 0.15) is 78.6 Å². The van der Waals surface area contributed by atoms with Gasteiger partial charge in [0.2, 0.25) is 0 Å². The normalized spacial score (nSPS) is 45.9. The minimum Gasteiger partial charge on any atom is -0.462 e. The van der Waals surface area contributed by atoms with Crippen molar-refractivity contribution < 1.29 is 14.3 Å². The van der Waals surface area contributed by atoms with Gasteiger partial charge < -0.3 is 4.74 Å². The predicted octanol–water partition coefficient (Wildman–Crippen LogP) is 4.84. The Kier molecular flexibility index (Phi) is 4.12. The average molecular weight is 344 g/mol. The predicted molar refractivity (Wildman–Crippen MR) is 96.9 cm³/mol. The summed E-state index contributed by atoms with van der Waals surface area (Å²) in [6.45, 7) is 6.69. The SMILES string of the molecule is CCC(=O)O[C@@H]1CC[C@@H]2[C@@H]3CCC4=CC(=O)CC[C@@]4(C)[C@H]3CC[C@]21C. The summed E-state index contributed by atoms with van der Waals surface area (Å²) in [6.07, 6.45) is 11.3. The fraction of sp³-hybridized carbons (Fsp3) is 0.818. The van der Waals surface area contributed by atoms with Crippen LogP contribution in [0.15, 0.2) is 11.6 Å². The highest BCUT2D eigenvalue weighted by Crippen LogP contribution is 2.65. The number of esters is 1. The zero-order chi connectivity index (χ0) is 17.8. The molecule has 0 amide bonds. The topological polar surface area (TPSA) is 43.4 Å². The number of allylic oxidation sites excluding steroid dienone is 1. The van der Waals surface area contributed by atoms with Crippen molar-refractivity contribution in [3.8, 4) is 0 Å². The minimum absolute atomic E-state index is 0.0411. The third kappa shape index (κ3) is 2.52. The summed E-state index contributed by atoms with van der Waals surface area (Å²) in [5.74, 6) is 2.41. The van der Waals surface area contributed by atoms with Crippen LogP contribution in [0.3, 0.4) is 0 Å². The minimum atomic E-state index is -0.0411. The molecule has 138 valence electrons. The van der Waals surface area contributed by atoms with E-state index in [0.29, 0.717) is 24.0 Å². The Morgan fingerprint density at radius 1 is 1.12 bits per heavy atom. The van der Waals surface area contributed by atoms with E-state index in [-0.39, 0.29) is 22.9 Å². The first-order valence-corrected chi connectivity index (χ1v) is 10.3. The second-order valence-corrected chi connectivity index (χ2v) is 9.42. The van der Waals surface area contributed by atoms with Gasteiger partial charge in [0.25, 0.3) is 0 Å². The zero-order valence-corrected chi connectivity index (χ0v) is 16.0. The van der Waals surface area contributed by atoms with Gasteiger partial charge >= 0.3 is 5.97 Å². The fourth-order valence-electron chi connectivity index (χ4n) is 6.95. The molecule has 4 aliphatic carbocycles. The molecule has 4 aliphatic rings. The third-order valence-corrected chi connectivity index (χ3v) is 8.44. The summed E-state index contributed by atoms with van der Waals surface area (Å²) in [6, 6.07) is 0. The van der Waals surface area contributed by atoms with E-state index in [1.165, 1.54) is 24.8 Å². The Balaban J connectivity index is 1.59. The number of carbonyl (C=O) groups excluding carboxylic acids is 2. The molecule has 3 heteroatoms. The van der Waals surface area contributed by atoms with Gasteiger partial charge in [0.05, 0.1) is 0 Å². The van der Waals surface area contributed by atoms with Crippen molar-refractivity contribution in [1.82, 2.24) is 0 Å². The summed E-state index contributed by atoms with van der Waals surface area (Å²) in [7, 11) is 0. The van der Waals surface area contributed by atoms with E-state index in [2.05, 4.69) is 13.8 Å². The molecule has 0 unspecified atom stereocenters. The van der Waals surface area contributed by atoms with E-state index in [9.17, 15) is 9.59 Å². The van der Waals surface area contributed by atoms with Gasteiger partial charge in [-0.25, -0.2) is 0 Å². The largest absolute Gasteiger partial charge is 0.462 e. The fourth-order valence-corrected chi connectivity index (χ4v) is 6.95. The Bertz CT molecular complexity index is 621. The maximum absolute atomic E-state index is 11.9. The lowest BCUT2D eigenvalue weighted by atomic mass is 9.47. The standard InChI is InChI=1S/C22H32O3/c1-4-20(24)25-19-8-7-17-16-6-5-14-13-15(23)9-11-21(14,2)18(16)10-12-22(17,19)3/h13,16-19H,4-12H2,1-3H3/t16-,17+,18-,19+,21+,22+/m0/s1. The lowest BCUT2D eigenvalue weighted by molar-refractivity contribution is -0.159. The van der Waals surface area contributed by atoms with Crippen LogP contribution in [-0.2, 0) is 14.3 Å². The first-order chi connectivity index (χ1) is 11.9. The van der Waals surface area contributed by atoms with Crippen LogP contribution in [0.5, 0.6) is 0 Å². The average Bonchev–Trinajstić information content (AvgIpc) is 2.92. The van der Waals surface area contributed by atoms with Crippen molar-refractivity contribution in [1.29, 1.82) is 0 Å². The molecule has 0 N–H and O–H groups in total. The molecule has 0 aliphatic heterocycles. The van der Waals surface area contributed by atoms with Crippen LogP contribution in [-0.4, -0.2) is 17.9 Å². The molecule has 25 heavy (non-hydrogen) atoms. The van der Waals surface area contributed by atoms with Crippen LogP contribution in [0, 0.1) is 28.6 Å². The molecule has 3 nitrogen and oxygen atoms in total. The zero-order valence-electron chi connectivity index (χ0n) is 16.0. The van der Waals surface area contributed by atoms with Gasteiger partial charge in [-0.3, -0.25) is 9.59 Å². The van der Waals surface area contributed by atoms with E-state index < -0.39 is 0 Å². The summed E-state index contributed by atoms with van der Waals surface area (Å²) in [5.41, 5.74) is 1.82. The van der Waals surface area contributed by atoms with E-state index >= 15 is 0 Å². The highest BCUT2D eigenvalue weighted by atomic mass is 16.5. The number of ether oxygens (including phenoxy) is 1. The Hall–Kier alpha value is -1.12. The van der Waals surface area contributed by atoms with Crippen molar-refractivity contribution in [2.75, 3.05) is 0 Å². The summed E-state index contributed by atoms with van der Waals surface area (Å²) in [4.78, 5) is 23.8. The monoisotopic (exact) mass is 344 g/mol. The second-order valence-electron chi connectivity index (χ2n) is 9.42. The molecule has 0 heterocycles. The van der Waals surface area contributed by atoms with E-state index in [1.807, 2.05) is 13.0 Å². The molecule has 0 aromatic rings. The summed E-state index contributed by atoms with van der Waals surface area (Å²) >= 11 is 0. The van der Waals surface area contributed by atoms with Crippen molar-refractivity contribution in [3.05, 3.63) is 11.6 Å². The van der Waals surface area contributed by atoms with E-state index in [4.69, 9.17) is 4.74 Å². The second kappa shape index (κ2) is 5.96.